The fraction of sp³-hybridized carbons (Fsp3) is 0.533. The maximum absolute atomic E-state index is 12.1. The lowest BCUT2D eigenvalue weighted by Gasteiger charge is -2.31. The molecule has 19 heavy (non-hydrogen) atoms. The van der Waals surface area contributed by atoms with E-state index in [1.807, 2.05) is 36.9 Å². The van der Waals surface area contributed by atoms with Gasteiger partial charge in [0.05, 0.1) is 6.61 Å². The minimum absolute atomic E-state index is 0.130. The Kier molecular flexibility index (Phi) is 4.30. The second-order valence-electron chi connectivity index (χ2n) is 5.10. The van der Waals surface area contributed by atoms with Crippen molar-refractivity contribution in [1.29, 1.82) is 0 Å². The van der Waals surface area contributed by atoms with Crippen LogP contribution in [0, 0.1) is 5.92 Å². The van der Waals surface area contributed by atoms with E-state index in [0.29, 0.717) is 18.8 Å². The third-order valence-electron chi connectivity index (χ3n) is 3.54. The molecule has 2 rings (SSSR count). The summed E-state index contributed by atoms with van der Waals surface area (Å²) in [7, 11) is 0. The first-order valence-corrected chi connectivity index (χ1v) is 6.91. The van der Waals surface area contributed by atoms with Crippen molar-refractivity contribution in [3.05, 3.63) is 23.8 Å². The van der Waals surface area contributed by atoms with Gasteiger partial charge in [-0.3, -0.25) is 4.79 Å². The number of nitrogen functional groups attached to an aromatic ring is 1. The first kappa shape index (κ1) is 13.7. The van der Waals surface area contributed by atoms with Crippen LogP contribution in [0.1, 0.15) is 32.3 Å². The monoisotopic (exact) mass is 262 g/mol. The Hall–Kier alpha value is -1.71. The molecule has 1 saturated heterocycles. The van der Waals surface area contributed by atoms with Crippen molar-refractivity contribution in [2.75, 3.05) is 18.9 Å². The number of benzene rings is 1. The smallest absolute Gasteiger partial charge is 0.225 e. The number of carbonyl (C=O) groups excluding carboxylic acids is 1. The second-order valence-corrected chi connectivity index (χ2v) is 5.10. The summed E-state index contributed by atoms with van der Waals surface area (Å²) in [6.45, 7) is 5.97. The fourth-order valence-corrected chi connectivity index (χ4v) is 2.52. The molecule has 1 unspecified atom stereocenters. The number of nitrogens with zero attached hydrogens (tertiary/aromatic N) is 1. The Morgan fingerprint density at radius 2 is 2.26 bits per heavy atom. The molecule has 0 saturated carbocycles. The molecule has 1 fully saturated rings. The molecule has 2 N–H and O–H groups in total. The molecule has 1 amide bonds. The number of rotatable bonds is 4. The highest BCUT2D eigenvalue weighted by Gasteiger charge is 2.25. The zero-order chi connectivity index (χ0) is 13.8. The number of ether oxygens (including phenoxy) is 1. The molecule has 0 aliphatic carbocycles. The van der Waals surface area contributed by atoms with E-state index < -0.39 is 0 Å². The molecule has 0 aromatic heterocycles. The Morgan fingerprint density at radius 1 is 1.47 bits per heavy atom. The maximum Gasteiger partial charge on any atom is 0.225 e. The summed E-state index contributed by atoms with van der Waals surface area (Å²) in [5, 5.41) is 0. The van der Waals surface area contributed by atoms with Gasteiger partial charge in [0.1, 0.15) is 5.75 Å². The first-order valence-electron chi connectivity index (χ1n) is 6.91. The standard InChI is InChI=1S/C15H22N2O2/c1-3-19-14-7-6-13(16)9-12(14)10-17-8-4-5-11(2)15(17)18/h6-7,9,11H,3-5,8,10,16H2,1-2H3. The van der Waals surface area contributed by atoms with Crippen molar-refractivity contribution in [2.24, 2.45) is 5.92 Å². The summed E-state index contributed by atoms with van der Waals surface area (Å²) in [5.41, 5.74) is 7.53. The molecule has 0 radical (unpaired) electrons. The number of hydrogen-bond acceptors (Lipinski definition) is 3. The summed E-state index contributed by atoms with van der Waals surface area (Å²) in [6, 6.07) is 5.61. The highest BCUT2D eigenvalue weighted by atomic mass is 16.5. The van der Waals surface area contributed by atoms with E-state index in [1.165, 1.54) is 0 Å². The van der Waals surface area contributed by atoms with Gasteiger partial charge in [0, 0.05) is 30.3 Å². The topological polar surface area (TPSA) is 55.6 Å². The molecule has 0 spiro atoms. The van der Waals surface area contributed by atoms with Gasteiger partial charge in [-0.2, -0.15) is 0 Å². The molecule has 1 aliphatic heterocycles. The van der Waals surface area contributed by atoms with Crippen LogP contribution < -0.4 is 10.5 Å². The SMILES string of the molecule is CCOc1ccc(N)cc1CN1CCCC(C)C1=O. The van der Waals surface area contributed by atoms with Gasteiger partial charge in [-0.25, -0.2) is 0 Å². The number of carbonyl (C=O) groups is 1. The lowest BCUT2D eigenvalue weighted by Crippen LogP contribution is -2.39. The van der Waals surface area contributed by atoms with Crippen LogP contribution in [0.25, 0.3) is 0 Å². The Morgan fingerprint density at radius 3 is 3.00 bits per heavy atom. The van der Waals surface area contributed by atoms with Crippen molar-refractivity contribution in [2.45, 2.75) is 33.2 Å². The molecule has 104 valence electrons. The summed E-state index contributed by atoms with van der Waals surface area (Å²) < 4.78 is 5.60. The first-order chi connectivity index (χ1) is 9.11. The number of anilines is 1. The van der Waals surface area contributed by atoms with E-state index in [0.717, 1.165) is 30.7 Å². The minimum atomic E-state index is 0.130. The summed E-state index contributed by atoms with van der Waals surface area (Å²) in [6.07, 6.45) is 2.06. The molecule has 1 aromatic carbocycles. The van der Waals surface area contributed by atoms with Crippen molar-refractivity contribution >= 4 is 11.6 Å². The van der Waals surface area contributed by atoms with Gasteiger partial charge in [-0.05, 0) is 38.0 Å². The van der Waals surface area contributed by atoms with Crippen LogP contribution in [-0.2, 0) is 11.3 Å². The van der Waals surface area contributed by atoms with E-state index >= 15 is 0 Å². The molecular formula is C15H22N2O2. The summed E-state index contributed by atoms with van der Waals surface area (Å²) in [5.74, 6) is 1.18. The van der Waals surface area contributed by atoms with Crippen molar-refractivity contribution in [3.8, 4) is 5.75 Å². The largest absolute Gasteiger partial charge is 0.494 e. The van der Waals surface area contributed by atoms with E-state index in [9.17, 15) is 4.79 Å². The number of amides is 1. The van der Waals surface area contributed by atoms with Crippen LogP contribution in [0.5, 0.6) is 5.75 Å². The third-order valence-corrected chi connectivity index (χ3v) is 3.54. The van der Waals surface area contributed by atoms with E-state index in [1.54, 1.807) is 0 Å². The molecule has 1 aliphatic rings. The quantitative estimate of drug-likeness (QED) is 0.848. The second kappa shape index (κ2) is 5.95. The Labute approximate surface area is 114 Å². The van der Waals surface area contributed by atoms with Gasteiger partial charge in [0.25, 0.3) is 0 Å². The van der Waals surface area contributed by atoms with Crippen LogP contribution in [0.15, 0.2) is 18.2 Å². The number of hydrogen-bond donors (Lipinski definition) is 1. The Balaban J connectivity index is 2.17. The van der Waals surface area contributed by atoms with E-state index in [4.69, 9.17) is 10.5 Å². The van der Waals surface area contributed by atoms with Gasteiger partial charge in [-0.15, -0.1) is 0 Å². The minimum Gasteiger partial charge on any atom is -0.494 e. The van der Waals surface area contributed by atoms with Gasteiger partial charge in [0.2, 0.25) is 5.91 Å². The van der Waals surface area contributed by atoms with Gasteiger partial charge < -0.3 is 15.4 Å². The highest BCUT2D eigenvalue weighted by molar-refractivity contribution is 5.79. The predicted molar refractivity (Wildman–Crippen MR) is 75.8 cm³/mol. The van der Waals surface area contributed by atoms with Crippen LogP contribution in [0.2, 0.25) is 0 Å². The maximum atomic E-state index is 12.1. The fourth-order valence-electron chi connectivity index (χ4n) is 2.52. The van der Waals surface area contributed by atoms with Gasteiger partial charge in [0.15, 0.2) is 0 Å². The normalized spacial score (nSPS) is 19.6. The summed E-state index contributed by atoms with van der Waals surface area (Å²) >= 11 is 0. The number of nitrogens with two attached hydrogens (primary N) is 1. The van der Waals surface area contributed by atoms with Crippen LogP contribution in [-0.4, -0.2) is 24.0 Å². The van der Waals surface area contributed by atoms with Crippen LogP contribution in [0.3, 0.4) is 0 Å². The van der Waals surface area contributed by atoms with Crippen molar-refractivity contribution < 1.29 is 9.53 Å². The average Bonchev–Trinajstić information content (AvgIpc) is 2.38. The average molecular weight is 262 g/mol. The molecule has 4 nitrogen and oxygen atoms in total. The van der Waals surface area contributed by atoms with Crippen molar-refractivity contribution in [1.82, 2.24) is 4.90 Å². The zero-order valence-corrected chi connectivity index (χ0v) is 11.7. The number of likely N-dealkylation sites (tertiary alicyclic amines) is 1. The van der Waals surface area contributed by atoms with Crippen LogP contribution in [0.4, 0.5) is 5.69 Å². The highest BCUT2D eigenvalue weighted by Crippen LogP contribution is 2.26. The predicted octanol–water partition coefficient (Wildman–Crippen LogP) is 2.43. The van der Waals surface area contributed by atoms with Crippen LogP contribution >= 0.6 is 0 Å². The molecule has 0 bridgehead atoms. The summed E-state index contributed by atoms with van der Waals surface area (Å²) in [4.78, 5) is 14.0. The van der Waals surface area contributed by atoms with Crippen molar-refractivity contribution in [3.63, 3.8) is 0 Å². The van der Waals surface area contributed by atoms with E-state index in [-0.39, 0.29) is 11.8 Å². The van der Waals surface area contributed by atoms with E-state index in [2.05, 4.69) is 0 Å². The molecule has 4 heteroatoms. The molecule has 1 atom stereocenters. The lowest BCUT2D eigenvalue weighted by molar-refractivity contribution is -0.138. The molecule has 1 aromatic rings. The molecular weight excluding hydrogens is 240 g/mol. The van der Waals surface area contributed by atoms with Gasteiger partial charge in [-0.1, -0.05) is 6.92 Å². The zero-order valence-electron chi connectivity index (χ0n) is 11.7. The number of piperidine rings is 1. The van der Waals surface area contributed by atoms with Gasteiger partial charge >= 0.3 is 0 Å². The lowest BCUT2D eigenvalue weighted by atomic mass is 9.98. The Bertz CT molecular complexity index is 459. The third kappa shape index (κ3) is 3.19. The molecule has 1 heterocycles.